The lowest BCUT2D eigenvalue weighted by molar-refractivity contribution is -0.132. The van der Waals surface area contributed by atoms with Crippen LogP contribution >= 0.6 is 0 Å². The van der Waals surface area contributed by atoms with Crippen LogP contribution in [0.2, 0.25) is 0 Å². The van der Waals surface area contributed by atoms with Gasteiger partial charge in [0.2, 0.25) is 11.8 Å². The Morgan fingerprint density at radius 1 is 1.45 bits per heavy atom. The lowest BCUT2D eigenvalue weighted by Crippen LogP contribution is -2.50. The minimum Gasteiger partial charge on any atom is -0.472 e. The molecule has 1 aliphatic heterocycles. The van der Waals surface area contributed by atoms with E-state index in [0.717, 1.165) is 25.7 Å². The van der Waals surface area contributed by atoms with E-state index in [-0.39, 0.29) is 48.3 Å². The van der Waals surface area contributed by atoms with Crippen molar-refractivity contribution in [3.63, 3.8) is 0 Å². The summed E-state index contributed by atoms with van der Waals surface area (Å²) in [5.41, 5.74) is 1.00. The second-order valence-corrected chi connectivity index (χ2v) is 8.74. The van der Waals surface area contributed by atoms with Crippen LogP contribution in [0.5, 0.6) is 5.88 Å². The SMILES string of the molecule is CCCC#Cc1cnc2c(c1)C(=O)N([C@@H](C)CO)C[C@@H](C)[C@H](CN(C)C(=O)C1CC1)O2. The molecule has 1 saturated carbocycles. The largest absolute Gasteiger partial charge is 0.472 e. The van der Waals surface area contributed by atoms with E-state index in [0.29, 0.717) is 24.2 Å². The third kappa shape index (κ3) is 5.56. The van der Waals surface area contributed by atoms with Crippen molar-refractivity contribution in [1.29, 1.82) is 0 Å². The van der Waals surface area contributed by atoms with Crippen molar-refractivity contribution in [1.82, 2.24) is 14.8 Å². The number of likely N-dealkylation sites (N-methyl/N-ethyl adjacent to an activating group) is 1. The van der Waals surface area contributed by atoms with Crippen LogP contribution in [0, 0.1) is 23.7 Å². The summed E-state index contributed by atoms with van der Waals surface area (Å²) < 4.78 is 6.22. The van der Waals surface area contributed by atoms with Crippen LogP contribution in [0.4, 0.5) is 0 Å². The molecule has 0 aromatic carbocycles. The fraction of sp³-hybridized carbons (Fsp3) is 0.625. The number of aliphatic hydroxyl groups excluding tert-OH is 1. The van der Waals surface area contributed by atoms with E-state index < -0.39 is 0 Å². The lowest BCUT2D eigenvalue weighted by Gasteiger charge is -2.37. The molecule has 2 aliphatic rings. The molecular formula is C24H33N3O4. The van der Waals surface area contributed by atoms with E-state index in [1.165, 1.54) is 0 Å². The molecule has 1 aliphatic carbocycles. The van der Waals surface area contributed by atoms with Gasteiger partial charge in [0.05, 0.1) is 19.2 Å². The van der Waals surface area contributed by atoms with Crippen LogP contribution in [-0.2, 0) is 4.79 Å². The standard InChI is InChI=1S/C24H33N3O4/c1-5-6-7-8-18-11-20-22(25-12-18)31-21(14-26(4)23(29)19-9-10-19)16(2)13-27(24(20)30)17(3)15-28/h11-12,16-17,19,21,28H,5-6,9-10,13-15H2,1-4H3/t16-,17+,21+/m1/s1. The van der Waals surface area contributed by atoms with E-state index in [1.807, 2.05) is 13.8 Å². The number of hydrogen-bond donors (Lipinski definition) is 1. The van der Waals surface area contributed by atoms with Gasteiger partial charge in [0.15, 0.2) is 0 Å². The van der Waals surface area contributed by atoms with Crippen LogP contribution in [0.1, 0.15) is 62.4 Å². The zero-order valence-electron chi connectivity index (χ0n) is 18.9. The molecule has 31 heavy (non-hydrogen) atoms. The third-order valence-corrected chi connectivity index (χ3v) is 5.89. The van der Waals surface area contributed by atoms with Crippen molar-refractivity contribution in [2.75, 3.05) is 26.7 Å². The van der Waals surface area contributed by atoms with Crippen LogP contribution in [0.3, 0.4) is 0 Å². The number of aliphatic hydroxyl groups is 1. The van der Waals surface area contributed by atoms with Gasteiger partial charge in [-0.2, -0.15) is 0 Å². The summed E-state index contributed by atoms with van der Waals surface area (Å²) in [4.78, 5) is 33.6. The lowest BCUT2D eigenvalue weighted by atomic mass is 9.99. The van der Waals surface area contributed by atoms with Crippen molar-refractivity contribution < 1.29 is 19.4 Å². The van der Waals surface area contributed by atoms with Gasteiger partial charge in [-0.1, -0.05) is 25.7 Å². The molecule has 3 rings (SSSR count). The van der Waals surface area contributed by atoms with Crippen molar-refractivity contribution >= 4 is 11.8 Å². The van der Waals surface area contributed by atoms with Crippen molar-refractivity contribution in [2.24, 2.45) is 11.8 Å². The first-order valence-corrected chi connectivity index (χ1v) is 11.2. The Labute approximate surface area is 184 Å². The number of amides is 2. The highest BCUT2D eigenvalue weighted by molar-refractivity contribution is 5.97. The number of pyridine rings is 1. The number of fused-ring (bicyclic) bond motifs is 1. The van der Waals surface area contributed by atoms with Gasteiger partial charge >= 0.3 is 0 Å². The molecule has 168 valence electrons. The number of unbranched alkanes of at least 4 members (excludes halogenated alkanes) is 1. The molecule has 0 radical (unpaired) electrons. The molecule has 1 aromatic heterocycles. The molecule has 1 aromatic rings. The summed E-state index contributed by atoms with van der Waals surface area (Å²) in [6.07, 6.45) is 4.94. The van der Waals surface area contributed by atoms with Gasteiger partial charge in [0, 0.05) is 43.6 Å². The topological polar surface area (TPSA) is 83.0 Å². The van der Waals surface area contributed by atoms with E-state index in [1.54, 1.807) is 29.1 Å². The molecular weight excluding hydrogens is 394 g/mol. The Kier molecular flexibility index (Phi) is 7.55. The van der Waals surface area contributed by atoms with Crippen LogP contribution < -0.4 is 4.74 Å². The summed E-state index contributed by atoms with van der Waals surface area (Å²) in [5, 5.41) is 9.74. The number of carbonyl (C=O) groups excluding carboxylic acids is 2. The zero-order valence-corrected chi connectivity index (χ0v) is 18.9. The smallest absolute Gasteiger partial charge is 0.259 e. The molecule has 1 N–H and O–H groups in total. The normalized spacial score (nSPS) is 21.7. The molecule has 1 fully saturated rings. The Balaban J connectivity index is 1.93. The van der Waals surface area contributed by atoms with Gasteiger partial charge in [-0.05, 0) is 32.3 Å². The first-order chi connectivity index (χ1) is 14.8. The summed E-state index contributed by atoms with van der Waals surface area (Å²) in [6.45, 7) is 6.59. The van der Waals surface area contributed by atoms with E-state index in [2.05, 4.69) is 23.7 Å². The number of rotatable bonds is 6. The van der Waals surface area contributed by atoms with Gasteiger partial charge in [-0.3, -0.25) is 9.59 Å². The quantitative estimate of drug-likeness (QED) is 0.705. The summed E-state index contributed by atoms with van der Waals surface area (Å²) in [6, 6.07) is 1.37. The van der Waals surface area contributed by atoms with Crippen molar-refractivity contribution in [3.05, 3.63) is 23.4 Å². The Morgan fingerprint density at radius 3 is 2.84 bits per heavy atom. The third-order valence-electron chi connectivity index (χ3n) is 5.89. The summed E-state index contributed by atoms with van der Waals surface area (Å²) in [7, 11) is 1.80. The Bertz CT molecular complexity index is 871. The molecule has 7 heteroatoms. The highest BCUT2D eigenvalue weighted by atomic mass is 16.5. The summed E-state index contributed by atoms with van der Waals surface area (Å²) in [5.74, 6) is 6.39. The predicted octanol–water partition coefficient (Wildman–Crippen LogP) is 2.32. The van der Waals surface area contributed by atoms with E-state index in [4.69, 9.17) is 4.74 Å². The second-order valence-electron chi connectivity index (χ2n) is 8.74. The van der Waals surface area contributed by atoms with Gasteiger partial charge in [0.25, 0.3) is 5.91 Å². The minimum absolute atomic E-state index is 0.0497. The number of carbonyl (C=O) groups is 2. The molecule has 0 spiro atoms. The molecule has 7 nitrogen and oxygen atoms in total. The van der Waals surface area contributed by atoms with Crippen molar-refractivity contribution in [2.45, 2.75) is 58.6 Å². The highest BCUT2D eigenvalue weighted by Gasteiger charge is 2.37. The summed E-state index contributed by atoms with van der Waals surface area (Å²) >= 11 is 0. The molecule has 0 unspecified atom stereocenters. The first kappa shape index (κ1) is 23.1. The molecule has 0 saturated heterocycles. The average Bonchev–Trinajstić information content (AvgIpc) is 3.61. The Hall–Kier alpha value is -2.59. The van der Waals surface area contributed by atoms with Gasteiger partial charge < -0.3 is 19.6 Å². The predicted molar refractivity (Wildman–Crippen MR) is 118 cm³/mol. The first-order valence-electron chi connectivity index (χ1n) is 11.2. The Morgan fingerprint density at radius 2 is 2.19 bits per heavy atom. The van der Waals surface area contributed by atoms with E-state index in [9.17, 15) is 14.7 Å². The second kappa shape index (κ2) is 10.1. The molecule has 2 amide bonds. The molecule has 0 bridgehead atoms. The number of nitrogens with zero attached hydrogens (tertiary/aromatic N) is 3. The monoisotopic (exact) mass is 427 g/mol. The fourth-order valence-electron chi connectivity index (χ4n) is 3.68. The molecule has 3 atom stereocenters. The van der Waals surface area contributed by atoms with Crippen LogP contribution in [0.15, 0.2) is 12.3 Å². The maximum atomic E-state index is 13.3. The number of ether oxygens (including phenoxy) is 1. The zero-order chi connectivity index (χ0) is 22.5. The number of hydrogen-bond acceptors (Lipinski definition) is 5. The van der Waals surface area contributed by atoms with Crippen LogP contribution in [0.25, 0.3) is 0 Å². The average molecular weight is 428 g/mol. The van der Waals surface area contributed by atoms with Gasteiger partial charge in [-0.15, -0.1) is 0 Å². The van der Waals surface area contributed by atoms with Gasteiger partial charge in [0.1, 0.15) is 11.7 Å². The van der Waals surface area contributed by atoms with Crippen LogP contribution in [-0.4, -0.2) is 70.6 Å². The van der Waals surface area contributed by atoms with Gasteiger partial charge in [-0.25, -0.2) is 4.98 Å². The van der Waals surface area contributed by atoms with Crippen molar-refractivity contribution in [3.8, 4) is 17.7 Å². The molecule has 2 heterocycles. The number of aromatic nitrogens is 1. The minimum atomic E-state index is -0.345. The maximum absolute atomic E-state index is 13.3. The fourth-order valence-corrected chi connectivity index (χ4v) is 3.68. The van der Waals surface area contributed by atoms with E-state index >= 15 is 0 Å². The maximum Gasteiger partial charge on any atom is 0.259 e. The highest BCUT2D eigenvalue weighted by Crippen LogP contribution is 2.32.